The van der Waals surface area contributed by atoms with Crippen LogP contribution in [-0.2, 0) is 28.4 Å². The van der Waals surface area contributed by atoms with Crippen molar-refractivity contribution in [3.8, 4) is 11.1 Å². The maximum Gasteiger partial charge on any atom is 0.695 e. The number of aliphatic hydroxyl groups is 1. The van der Waals surface area contributed by atoms with Crippen molar-refractivity contribution in [1.82, 2.24) is 24.6 Å². The lowest BCUT2D eigenvalue weighted by atomic mass is 10.0. The zero-order valence-corrected chi connectivity index (χ0v) is 23.9. The molecule has 0 radical (unpaired) electrons. The minimum Gasteiger partial charge on any atom is -0.396 e. The number of amides is 1. The standard InChI is InChI=1S/C27H27F3N7O5P/c1-36(2)25(39)21-12-18(19-13-32-37(15-19)10-3-11-38)6-9-23(21)34-24-22(27(28,29)30)14-31-26(35-24)33-20-7-4-17(5-8-20)16-42-43(40)41/h4-9,12-15,38H,3,10-11,16H2,1-2H3,(H2-,31,33,34,35,39,40,41)/p+1. The Hall–Kier alpha value is -4.43. The summed E-state index contributed by atoms with van der Waals surface area (Å²) in [6.07, 6.45) is -0.299. The predicted octanol–water partition coefficient (Wildman–Crippen LogP) is 5.10. The van der Waals surface area contributed by atoms with E-state index in [9.17, 15) is 22.5 Å². The van der Waals surface area contributed by atoms with Crippen molar-refractivity contribution in [3.63, 3.8) is 0 Å². The topological polar surface area (TPSA) is 155 Å². The van der Waals surface area contributed by atoms with E-state index >= 15 is 0 Å². The van der Waals surface area contributed by atoms with Crippen LogP contribution in [0.5, 0.6) is 0 Å². The molecule has 0 saturated heterocycles. The summed E-state index contributed by atoms with van der Waals surface area (Å²) in [7, 11) is 0.302. The number of aryl methyl sites for hydroxylation is 1. The molecule has 0 aliphatic heterocycles. The number of aliphatic hydroxyl groups excluding tert-OH is 1. The highest BCUT2D eigenvalue weighted by Crippen LogP contribution is 2.37. The number of carbonyl (C=O) groups is 1. The minimum atomic E-state index is -4.80. The first-order valence-corrected chi connectivity index (χ1v) is 13.9. The van der Waals surface area contributed by atoms with Crippen LogP contribution in [0.4, 0.5) is 36.3 Å². The van der Waals surface area contributed by atoms with Crippen LogP contribution >= 0.6 is 8.25 Å². The first-order valence-electron chi connectivity index (χ1n) is 12.8. The fourth-order valence-electron chi connectivity index (χ4n) is 3.93. The van der Waals surface area contributed by atoms with Crippen LogP contribution in [0.2, 0.25) is 0 Å². The Morgan fingerprint density at radius 2 is 1.84 bits per heavy atom. The summed E-state index contributed by atoms with van der Waals surface area (Å²) in [6, 6.07) is 11.1. The Labute approximate surface area is 245 Å². The summed E-state index contributed by atoms with van der Waals surface area (Å²) in [5, 5.41) is 18.8. The van der Waals surface area contributed by atoms with Gasteiger partial charge in [-0.3, -0.25) is 9.48 Å². The number of nitrogens with zero attached hydrogens (tertiary/aromatic N) is 5. The largest absolute Gasteiger partial charge is 0.695 e. The molecule has 0 saturated carbocycles. The van der Waals surface area contributed by atoms with E-state index < -0.39 is 31.7 Å². The number of anilines is 4. The zero-order chi connectivity index (χ0) is 31.1. The number of halogens is 3. The van der Waals surface area contributed by atoms with Crippen molar-refractivity contribution in [2.24, 2.45) is 0 Å². The van der Waals surface area contributed by atoms with Gasteiger partial charge in [0.2, 0.25) is 5.95 Å². The molecule has 2 heterocycles. The highest BCUT2D eigenvalue weighted by Gasteiger charge is 2.36. The maximum atomic E-state index is 14.0. The van der Waals surface area contributed by atoms with Crippen molar-refractivity contribution < 1.29 is 37.1 Å². The molecule has 0 fully saturated rings. The molecule has 4 N–H and O–H groups in total. The van der Waals surface area contributed by atoms with Gasteiger partial charge in [0, 0.05) is 55.5 Å². The number of benzene rings is 2. The Morgan fingerprint density at radius 1 is 1.09 bits per heavy atom. The second-order valence-corrected chi connectivity index (χ2v) is 10.2. The van der Waals surface area contributed by atoms with Gasteiger partial charge in [-0.05, 0) is 41.8 Å². The average molecular weight is 619 g/mol. The first-order chi connectivity index (χ1) is 20.4. The highest BCUT2D eigenvalue weighted by molar-refractivity contribution is 7.32. The van der Waals surface area contributed by atoms with E-state index in [0.717, 1.165) is 0 Å². The van der Waals surface area contributed by atoms with E-state index in [-0.39, 0.29) is 30.4 Å². The molecular formula is C27H28F3N7O5P+. The summed E-state index contributed by atoms with van der Waals surface area (Å²) in [6.45, 7) is 0.402. The third-order valence-electron chi connectivity index (χ3n) is 6.07. The van der Waals surface area contributed by atoms with Crippen LogP contribution in [0.15, 0.2) is 61.1 Å². The fourth-order valence-corrected chi connectivity index (χ4v) is 4.19. The summed E-state index contributed by atoms with van der Waals surface area (Å²) in [5.41, 5.74) is 1.40. The van der Waals surface area contributed by atoms with Crippen LogP contribution < -0.4 is 10.6 Å². The van der Waals surface area contributed by atoms with Crippen LogP contribution in [-0.4, -0.2) is 61.3 Å². The summed E-state index contributed by atoms with van der Waals surface area (Å²) in [4.78, 5) is 31.1. The fraction of sp³-hybridized carbons (Fsp3) is 0.259. The van der Waals surface area contributed by atoms with E-state index in [2.05, 4.69) is 30.2 Å². The number of aromatic nitrogens is 4. The number of rotatable bonds is 12. The van der Waals surface area contributed by atoms with Gasteiger partial charge in [0.25, 0.3) is 5.91 Å². The molecule has 4 rings (SSSR count). The monoisotopic (exact) mass is 618 g/mol. The average Bonchev–Trinajstić information content (AvgIpc) is 3.44. The zero-order valence-electron chi connectivity index (χ0n) is 23.0. The Kier molecular flexibility index (Phi) is 10.0. The second-order valence-electron chi connectivity index (χ2n) is 9.44. The maximum absolute atomic E-state index is 14.0. The van der Waals surface area contributed by atoms with Crippen molar-refractivity contribution in [2.75, 3.05) is 31.3 Å². The Bertz CT molecular complexity index is 1600. The first kappa shape index (κ1) is 31.5. The van der Waals surface area contributed by atoms with Crippen LogP contribution in [0.1, 0.15) is 27.9 Å². The normalized spacial score (nSPS) is 11.7. The second kappa shape index (κ2) is 13.7. The molecule has 226 valence electrons. The third-order valence-corrected chi connectivity index (χ3v) is 6.42. The third kappa shape index (κ3) is 8.32. The quantitative estimate of drug-likeness (QED) is 0.158. The minimum absolute atomic E-state index is 0.00870. The van der Waals surface area contributed by atoms with E-state index in [4.69, 9.17) is 10.00 Å². The number of hydrogen-bond donors (Lipinski definition) is 4. The van der Waals surface area contributed by atoms with Gasteiger partial charge < -0.3 is 20.6 Å². The molecule has 1 unspecified atom stereocenters. The highest BCUT2D eigenvalue weighted by atomic mass is 31.1. The Morgan fingerprint density at radius 3 is 2.49 bits per heavy atom. The molecule has 43 heavy (non-hydrogen) atoms. The Balaban J connectivity index is 1.66. The molecular weight excluding hydrogens is 590 g/mol. The number of alkyl halides is 3. The summed E-state index contributed by atoms with van der Waals surface area (Å²) >= 11 is 0. The van der Waals surface area contributed by atoms with Crippen molar-refractivity contribution in [2.45, 2.75) is 25.7 Å². The molecule has 12 nitrogen and oxygen atoms in total. The van der Waals surface area contributed by atoms with Gasteiger partial charge >= 0.3 is 14.4 Å². The summed E-state index contributed by atoms with van der Waals surface area (Å²) in [5.74, 6) is -1.17. The molecule has 0 bridgehead atoms. The van der Waals surface area contributed by atoms with Crippen LogP contribution in [0.25, 0.3) is 11.1 Å². The van der Waals surface area contributed by atoms with E-state index in [1.54, 1.807) is 53.5 Å². The van der Waals surface area contributed by atoms with Crippen molar-refractivity contribution in [3.05, 3.63) is 77.7 Å². The lowest BCUT2D eigenvalue weighted by Crippen LogP contribution is -2.23. The number of hydrogen-bond acceptors (Lipinski definition) is 9. The van der Waals surface area contributed by atoms with E-state index in [1.165, 1.54) is 25.1 Å². The predicted molar refractivity (Wildman–Crippen MR) is 152 cm³/mol. The van der Waals surface area contributed by atoms with Gasteiger partial charge in [-0.25, -0.2) is 4.98 Å². The van der Waals surface area contributed by atoms with Gasteiger partial charge in [-0.1, -0.05) is 18.2 Å². The molecule has 0 aliphatic rings. The SMILES string of the molecule is CN(C)C(=O)c1cc(-c2cnn(CCCO)c2)ccc1Nc1nc(Nc2ccc(CO[P+](=O)O)cc2)ncc1C(F)(F)F. The molecule has 16 heteroatoms. The van der Waals surface area contributed by atoms with Crippen molar-refractivity contribution in [1.29, 1.82) is 0 Å². The lowest BCUT2D eigenvalue weighted by molar-refractivity contribution is -0.137. The molecule has 2 aromatic carbocycles. The molecule has 4 aromatic rings. The van der Waals surface area contributed by atoms with Crippen molar-refractivity contribution >= 4 is 37.3 Å². The van der Waals surface area contributed by atoms with Crippen LogP contribution in [0, 0.1) is 0 Å². The van der Waals surface area contributed by atoms with Gasteiger partial charge in [-0.2, -0.15) is 23.3 Å². The van der Waals surface area contributed by atoms with E-state index in [0.29, 0.717) is 41.5 Å². The van der Waals surface area contributed by atoms with Gasteiger partial charge in [0.1, 0.15) is 18.0 Å². The molecule has 0 aliphatic carbocycles. The summed E-state index contributed by atoms with van der Waals surface area (Å²) < 4.78 is 58.9. The number of nitrogens with one attached hydrogen (secondary N) is 2. The number of carbonyl (C=O) groups excluding carboxylic acids is 1. The molecule has 1 amide bonds. The van der Waals surface area contributed by atoms with Crippen LogP contribution in [0.3, 0.4) is 0 Å². The van der Waals surface area contributed by atoms with Gasteiger partial charge in [-0.15, -0.1) is 9.42 Å². The van der Waals surface area contributed by atoms with Gasteiger partial charge in [0.05, 0.1) is 17.4 Å². The lowest BCUT2D eigenvalue weighted by Gasteiger charge is -2.19. The smallest absolute Gasteiger partial charge is 0.396 e. The molecule has 1 atom stereocenters. The molecule has 2 aromatic heterocycles. The van der Waals surface area contributed by atoms with Gasteiger partial charge in [0.15, 0.2) is 0 Å². The molecule has 0 spiro atoms. The van der Waals surface area contributed by atoms with E-state index in [1.807, 2.05) is 0 Å².